The highest BCUT2D eigenvalue weighted by molar-refractivity contribution is 7.14. The lowest BCUT2D eigenvalue weighted by Crippen LogP contribution is -2.11. The Kier molecular flexibility index (Phi) is 3.79. The molecule has 0 radical (unpaired) electrons. The minimum atomic E-state index is -0.152. The highest BCUT2D eigenvalue weighted by atomic mass is 32.1. The maximum absolute atomic E-state index is 12.6. The summed E-state index contributed by atoms with van der Waals surface area (Å²) >= 11 is 1.49. The first-order valence-corrected chi connectivity index (χ1v) is 9.88. The maximum Gasteiger partial charge on any atom is 0.257 e. The molecule has 1 aliphatic carbocycles. The van der Waals surface area contributed by atoms with Crippen LogP contribution in [0.5, 0.6) is 0 Å². The number of carbonyl (C=O) groups is 1. The van der Waals surface area contributed by atoms with Crippen molar-refractivity contribution in [3.8, 4) is 5.69 Å². The van der Waals surface area contributed by atoms with Crippen molar-refractivity contribution in [3.63, 3.8) is 0 Å². The first-order chi connectivity index (χ1) is 13.2. The Morgan fingerprint density at radius 1 is 1.15 bits per heavy atom. The molecule has 0 spiro atoms. The van der Waals surface area contributed by atoms with E-state index in [4.69, 9.17) is 0 Å². The fraction of sp³-hybridized carbons (Fsp3) is 0.190. The molecule has 2 aromatic carbocycles. The van der Waals surface area contributed by atoms with Gasteiger partial charge in [0.15, 0.2) is 5.13 Å². The lowest BCUT2D eigenvalue weighted by atomic mass is 10.2. The molecular weight excluding hydrogens is 356 g/mol. The SMILES string of the molecule is Cc1nc2cc(C(=O)Nc3nc(C4CC4)cs3)ccc2n1-c1ccccc1. The van der Waals surface area contributed by atoms with Gasteiger partial charge in [0, 0.05) is 22.5 Å². The number of aryl methyl sites for hydroxylation is 1. The fourth-order valence-corrected chi connectivity index (χ4v) is 4.11. The van der Waals surface area contributed by atoms with Gasteiger partial charge in [0.25, 0.3) is 5.91 Å². The van der Waals surface area contributed by atoms with Crippen LogP contribution in [0.4, 0.5) is 5.13 Å². The van der Waals surface area contributed by atoms with Gasteiger partial charge in [-0.15, -0.1) is 11.3 Å². The number of nitrogens with zero attached hydrogens (tertiary/aromatic N) is 3. The molecule has 5 nitrogen and oxygen atoms in total. The van der Waals surface area contributed by atoms with Gasteiger partial charge in [-0.1, -0.05) is 18.2 Å². The van der Waals surface area contributed by atoms with Crippen LogP contribution in [0.3, 0.4) is 0 Å². The lowest BCUT2D eigenvalue weighted by Gasteiger charge is -2.07. The smallest absolute Gasteiger partial charge is 0.257 e. The van der Waals surface area contributed by atoms with Crippen LogP contribution >= 0.6 is 11.3 Å². The highest BCUT2D eigenvalue weighted by Gasteiger charge is 2.26. The van der Waals surface area contributed by atoms with Gasteiger partial charge in [-0.3, -0.25) is 14.7 Å². The monoisotopic (exact) mass is 374 g/mol. The molecule has 4 aromatic rings. The highest BCUT2D eigenvalue weighted by Crippen LogP contribution is 2.40. The molecular formula is C21H18N4OS. The number of nitrogens with one attached hydrogen (secondary N) is 1. The standard InChI is InChI=1S/C21H18N4OS/c1-13-22-17-11-15(9-10-19(17)25(13)16-5-3-2-4-6-16)20(26)24-21-23-18(12-27-21)14-7-8-14/h2-6,9-12,14H,7-8H2,1H3,(H,23,24,26). The second-order valence-corrected chi connectivity index (χ2v) is 7.70. The number of para-hydroxylation sites is 1. The largest absolute Gasteiger partial charge is 0.298 e. The predicted molar refractivity (Wildman–Crippen MR) is 108 cm³/mol. The van der Waals surface area contributed by atoms with Crippen LogP contribution in [0.2, 0.25) is 0 Å². The Morgan fingerprint density at radius 2 is 1.96 bits per heavy atom. The molecule has 1 N–H and O–H groups in total. The van der Waals surface area contributed by atoms with Gasteiger partial charge in [-0.25, -0.2) is 9.97 Å². The van der Waals surface area contributed by atoms with Gasteiger partial charge in [0.2, 0.25) is 0 Å². The Morgan fingerprint density at radius 3 is 2.74 bits per heavy atom. The molecule has 1 fully saturated rings. The summed E-state index contributed by atoms with van der Waals surface area (Å²) in [5, 5.41) is 5.62. The number of thiazole rings is 1. The molecule has 2 heterocycles. The molecule has 0 aliphatic heterocycles. The second-order valence-electron chi connectivity index (χ2n) is 6.84. The average Bonchev–Trinajstić information content (AvgIpc) is 3.34. The number of hydrogen-bond donors (Lipinski definition) is 1. The molecule has 6 heteroatoms. The third-order valence-corrected chi connectivity index (χ3v) is 5.61. The van der Waals surface area contributed by atoms with Crippen LogP contribution in [0.1, 0.15) is 40.6 Å². The number of carbonyl (C=O) groups excluding carboxylic acids is 1. The molecule has 1 amide bonds. The molecule has 134 valence electrons. The maximum atomic E-state index is 12.6. The summed E-state index contributed by atoms with van der Waals surface area (Å²) in [4.78, 5) is 21.8. The van der Waals surface area contributed by atoms with Crippen molar-refractivity contribution in [2.24, 2.45) is 0 Å². The van der Waals surface area contributed by atoms with Crippen molar-refractivity contribution < 1.29 is 4.79 Å². The Labute approximate surface area is 160 Å². The van der Waals surface area contributed by atoms with Crippen molar-refractivity contribution in [2.75, 3.05) is 5.32 Å². The van der Waals surface area contributed by atoms with E-state index in [1.54, 1.807) is 0 Å². The molecule has 0 atom stereocenters. The molecule has 0 bridgehead atoms. The van der Waals surface area contributed by atoms with Crippen molar-refractivity contribution in [2.45, 2.75) is 25.7 Å². The van der Waals surface area contributed by atoms with Crippen molar-refractivity contribution in [1.29, 1.82) is 0 Å². The predicted octanol–water partition coefficient (Wildman–Crippen LogP) is 4.92. The van der Waals surface area contributed by atoms with E-state index in [-0.39, 0.29) is 5.91 Å². The number of fused-ring (bicyclic) bond motifs is 1. The lowest BCUT2D eigenvalue weighted by molar-refractivity contribution is 0.102. The van der Waals surface area contributed by atoms with Gasteiger partial charge in [-0.2, -0.15) is 0 Å². The summed E-state index contributed by atoms with van der Waals surface area (Å²) < 4.78 is 2.10. The summed E-state index contributed by atoms with van der Waals surface area (Å²) in [6.07, 6.45) is 2.41. The van der Waals surface area contributed by atoms with Crippen LogP contribution < -0.4 is 5.32 Å². The van der Waals surface area contributed by atoms with Gasteiger partial charge in [-0.05, 0) is 50.1 Å². The molecule has 1 aliphatic rings. The molecule has 27 heavy (non-hydrogen) atoms. The topological polar surface area (TPSA) is 59.8 Å². The molecule has 1 saturated carbocycles. The summed E-state index contributed by atoms with van der Waals surface area (Å²) in [5.74, 6) is 1.33. The average molecular weight is 374 g/mol. The first kappa shape index (κ1) is 16.2. The molecule has 5 rings (SSSR count). The van der Waals surface area contributed by atoms with E-state index < -0.39 is 0 Å². The summed E-state index contributed by atoms with van der Waals surface area (Å²) in [6, 6.07) is 15.7. The van der Waals surface area contributed by atoms with Crippen LogP contribution in [-0.2, 0) is 0 Å². The summed E-state index contributed by atoms with van der Waals surface area (Å²) in [6.45, 7) is 1.97. The zero-order valence-electron chi connectivity index (χ0n) is 14.8. The summed E-state index contributed by atoms with van der Waals surface area (Å²) in [5.41, 5.74) is 4.54. The first-order valence-electron chi connectivity index (χ1n) is 9.00. The van der Waals surface area contributed by atoms with E-state index >= 15 is 0 Å². The van der Waals surface area contributed by atoms with Gasteiger partial charge < -0.3 is 0 Å². The van der Waals surface area contributed by atoms with Crippen molar-refractivity contribution in [1.82, 2.24) is 14.5 Å². The zero-order valence-corrected chi connectivity index (χ0v) is 15.7. The third-order valence-electron chi connectivity index (χ3n) is 4.84. The normalized spacial score (nSPS) is 13.8. The molecule has 0 saturated heterocycles. The molecule has 0 unspecified atom stereocenters. The van der Waals surface area contributed by atoms with Crippen molar-refractivity contribution >= 4 is 33.4 Å². The number of imidazole rings is 1. The number of amides is 1. The number of aromatic nitrogens is 3. The summed E-state index contributed by atoms with van der Waals surface area (Å²) in [7, 11) is 0. The quantitative estimate of drug-likeness (QED) is 0.551. The van der Waals surface area contributed by atoms with E-state index in [1.165, 1.54) is 24.2 Å². The Bertz CT molecular complexity index is 1140. The minimum absolute atomic E-state index is 0.152. The number of benzene rings is 2. The molecule has 2 aromatic heterocycles. The van der Waals surface area contributed by atoms with Gasteiger partial charge >= 0.3 is 0 Å². The minimum Gasteiger partial charge on any atom is -0.298 e. The second kappa shape index (κ2) is 6.32. The van der Waals surface area contributed by atoms with E-state index in [0.717, 1.165) is 28.2 Å². The van der Waals surface area contributed by atoms with Crippen LogP contribution in [-0.4, -0.2) is 20.4 Å². The number of hydrogen-bond acceptors (Lipinski definition) is 4. The van der Waals surface area contributed by atoms with E-state index in [9.17, 15) is 4.79 Å². The third kappa shape index (κ3) is 3.02. The van der Waals surface area contributed by atoms with Crippen molar-refractivity contribution in [3.05, 3.63) is 71.0 Å². The van der Waals surface area contributed by atoms with E-state index in [1.807, 2.05) is 48.7 Å². The van der Waals surface area contributed by atoms with E-state index in [0.29, 0.717) is 16.6 Å². The van der Waals surface area contributed by atoms with E-state index in [2.05, 4.69) is 32.0 Å². The van der Waals surface area contributed by atoms with Gasteiger partial charge in [0.05, 0.1) is 16.7 Å². The van der Waals surface area contributed by atoms with Crippen LogP contribution in [0, 0.1) is 6.92 Å². The zero-order chi connectivity index (χ0) is 18.4. The Balaban J connectivity index is 1.44. The fourth-order valence-electron chi connectivity index (χ4n) is 3.32. The number of anilines is 1. The van der Waals surface area contributed by atoms with Crippen LogP contribution in [0.15, 0.2) is 53.9 Å². The number of rotatable bonds is 4. The van der Waals surface area contributed by atoms with Gasteiger partial charge in [0.1, 0.15) is 5.82 Å². The van der Waals surface area contributed by atoms with Crippen LogP contribution in [0.25, 0.3) is 16.7 Å². The Hall–Kier alpha value is -2.99.